The highest BCUT2D eigenvalue weighted by Crippen LogP contribution is 2.35. The fourth-order valence-corrected chi connectivity index (χ4v) is 5.00. The number of aryl methyl sites for hydroxylation is 1. The summed E-state index contributed by atoms with van der Waals surface area (Å²) >= 11 is 1.51. The molecule has 30 heavy (non-hydrogen) atoms. The molecule has 1 amide bonds. The number of hydrogen-bond donors (Lipinski definition) is 0. The van der Waals surface area contributed by atoms with E-state index in [0.717, 1.165) is 40.0 Å². The highest BCUT2D eigenvalue weighted by atomic mass is 32.2. The van der Waals surface area contributed by atoms with Crippen LogP contribution in [0, 0.1) is 0 Å². The van der Waals surface area contributed by atoms with Crippen LogP contribution in [0.1, 0.15) is 25.0 Å². The number of hydrogen-bond acceptors (Lipinski definition) is 5. The molecule has 0 fully saturated rings. The molecule has 2 heterocycles. The second kappa shape index (κ2) is 8.56. The van der Waals surface area contributed by atoms with Gasteiger partial charge in [0.25, 0.3) is 0 Å². The molecule has 3 aromatic rings. The third kappa shape index (κ3) is 3.72. The Balaban J connectivity index is 1.59. The molecule has 0 saturated carbocycles. The summed E-state index contributed by atoms with van der Waals surface area (Å²) in [4.78, 5) is 19.9. The van der Waals surface area contributed by atoms with E-state index in [1.54, 1.807) is 14.2 Å². The zero-order valence-electron chi connectivity index (χ0n) is 17.8. The van der Waals surface area contributed by atoms with Crippen molar-refractivity contribution in [2.45, 2.75) is 37.8 Å². The van der Waals surface area contributed by atoms with Crippen molar-refractivity contribution in [2.24, 2.45) is 0 Å². The van der Waals surface area contributed by atoms with Crippen molar-refractivity contribution in [1.82, 2.24) is 4.98 Å². The predicted octanol–water partition coefficient (Wildman–Crippen LogP) is 4.88. The first-order valence-corrected chi connectivity index (χ1v) is 11.1. The molecule has 1 unspecified atom stereocenters. The van der Waals surface area contributed by atoms with Gasteiger partial charge in [0.1, 0.15) is 5.03 Å². The number of amides is 1. The van der Waals surface area contributed by atoms with Crippen molar-refractivity contribution in [3.63, 3.8) is 0 Å². The van der Waals surface area contributed by atoms with Gasteiger partial charge in [0, 0.05) is 23.2 Å². The van der Waals surface area contributed by atoms with Crippen molar-refractivity contribution >= 4 is 34.3 Å². The summed E-state index contributed by atoms with van der Waals surface area (Å²) in [6, 6.07) is 14.3. The molecule has 0 N–H and O–H groups in total. The highest BCUT2D eigenvalue weighted by molar-refractivity contribution is 8.00. The second-order valence-electron chi connectivity index (χ2n) is 7.44. The first-order chi connectivity index (χ1) is 14.5. The van der Waals surface area contributed by atoms with Gasteiger partial charge in [-0.2, -0.15) is 0 Å². The maximum atomic E-state index is 13.1. The summed E-state index contributed by atoms with van der Waals surface area (Å²) in [7, 11) is 3.25. The molecule has 5 nitrogen and oxygen atoms in total. The van der Waals surface area contributed by atoms with E-state index >= 15 is 0 Å². The average Bonchev–Trinajstić information content (AvgIpc) is 3.11. The normalized spacial score (nSPS) is 15.3. The van der Waals surface area contributed by atoms with E-state index in [4.69, 9.17) is 14.5 Å². The fourth-order valence-electron chi connectivity index (χ4n) is 4.05. The smallest absolute Gasteiger partial charge is 0.237 e. The van der Waals surface area contributed by atoms with E-state index < -0.39 is 0 Å². The molecule has 1 aliphatic rings. The summed E-state index contributed by atoms with van der Waals surface area (Å²) in [6.07, 6.45) is 1.75. The number of ether oxygens (including phenoxy) is 2. The molecule has 0 bridgehead atoms. The highest BCUT2D eigenvalue weighted by Gasteiger charge is 2.30. The summed E-state index contributed by atoms with van der Waals surface area (Å²) in [6.45, 7) is 4.21. The Morgan fingerprint density at radius 3 is 2.63 bits per heavy atom. The van der Waals surface area contributed by atoms with Crippen LogP contribution in [0.4, 0.5) is 5.69 Å². The van der Waals surface area contributed by atoms with Crippen LogP contribution in [-0.2, 0) is 17.6 Å². The molecule has 6 heteroatoms. The number of carbonyl (C=O) groups is 1. The van der Waals surface area contributed by atoms with Gasteiger partial charge in [-0.3, -0.25) is 4.79 Å². The van der Waals surface area contributed by atoms with E-state index in [1.165, 1.54) is 17.3 Å². The number of anilines is 1. The molecule has 0 saturated heterocycles. The van der Waals surface area contributed by atoms with Crippen LogP contribution < -0.4 is 14.4 Å². The van der Waals surface area contributed by atoms with Crippen LogP contribution in [-0.4, -0.2) is 36.9 Å². The Hall–Kier alpha value is -2.73. The minimum Gasteiger partial charge on any atom is -0.493 e. The van der Waals surface area contributed by atoms with Crippen molar-refractivity contribution in [3.8, 4) is 11.5 Å². The van der Waals surface area contributed by atoms with Gasteiger partial charge in [-0.05, 0) is 49.1 Å². The maximum absolute atomic E-state index is 13.1. The quantitative estimate of drug-likeness (QED) is 0.530. The number of rotatable bonds is 6. The molecular formula is C24H26N2O3S. The average molecular weight is 423 g/mol. The number of thioether (sulfide) groups is 1. The zero-order valence-corrected chi connectivity index (χ0v) is 18.6. The SMILES string of the molecule is CCc1cc2cc(OC)c(OC)cc2nc1SCC(=O)N1c2ccccc2CC1C. The number of benzene rings is 2. The Labute approximate surface area is 181 Å². The van der Waals surface area contributed by atoms with Gasteiger partial charge in [-0.1, -0.05) is 36.9 Å². The Bertz CT molecular complexity index is 1100. The van der Waals surface area contributed by atoms with E-state index in [-0.39, 0.29) is 11.9 Å². The first-order valence-electron chi connectivity index (χ1n) is 10.1. The number of aromatic nitrogens is 1. The lowest BCUT2D eigenvalue weighted by Crippen LogP contribution is -2.37. The molecule has 0 spiro atoms. The monoisotopic (exact) mass is 422 g/mol. The molecule has 2 aromatic carbocycles. The maximum Gasteiger partial charge on any atom is 0.237 e. The third-order valence-electron chi connectivity index (χ3n) is 5.55. The zero-order chi connectivity index (χ0) is 21.3. The van der Waals surface area contributed by atoms with Gasteiger partial charge in [0.15, 0.2) is 11.5 Å². The van der Waals surface area contributed by atoms with Crippen molar-refractivity contribution in [2.75, 3.05) is 24.9 Å². The van der Waals surface area contributed by atoms with Crippen molar-refractivity contribution in [1.29, 1.82) is 0 Å². The van der Waals surface area contributed by atoms with Gasteiger partial charge < -0.3 is 14.4 Å². The standard InChI is InChI=1S/C24H26N2O3S/c1-5-16-11-18-12-21(28-3)22(29-4)13-19(18)25-24(16)30-14-23(27)26-15(2)10-17-8-6-7-9-20(17)26/h6-9,11-13,15H,5,10,14H2,1-4H3. The second-order valence-corrected chi connectivity index (χ2v) is 8.40. The largest absolute Gasteiger partial charge is 0.493 e. The van der Waals surface area contributed by atoms with Gasteiger partial charge in [-0.15, -0.1) is 0 Å². The van der Waals surface area contributed by atoms with Gasteiger partial charge in [0.05, 0.1) is 25.5 Å². The van der Waals surface area contributed by atoms with E-state index in [0.29, 0.717) is 17.3 Å². The first kappa shape index (κ1) is 20.5. The molecule has 156 valence electrons. The lowest BCUT2D eigenvalue weighted by Gasteiger charge is -2.22. The van der Waals surface area contributed by atoms with E-state index in [2.05, 4.69) is 26.0 Å². The number of para-hydroxylation sites is 1. The molecular weight excluding hydrogens is 396 g/mol. The number of nitrogens with zero attached hydrogens (tertiary/aromatic N) is 2. The van der Waals surface area contributed by atoms with Gasteiger partial charge in [0.2, 0.25) is 5.91 Å². The van der Waals surface area contributed by atoms with Crippen LogP contribution in [0.15, 0.2) is 47.5 Å². The Kier molecular flexibility index (Phi) is 5.86. The van der Waals surface area contributed by atoms with Crippen molar-refractivity contribution in [3.05, 3.63) is 53.6 Å². The lowest BCUT2D eigenvalue weighted by atomic mass is 10.1. The minimum atomic E-state index is 0.119. The van der Waals surface area contributed by atoms with Crippen LogP contribution in [0.2, 0.25) is 0 Å². The number of carbonyl (C=O) groups excluding carboxylic acids is 1. The lowest BCUT2D eigenvalue weighted by molar-refractivity contribution is -0.116. The Morgan fingerprint density at radius 1 is 1.17 bits per heavy atom. The summed E-state index contributed by atoms with van der Waals surface area (Å²) in [5.41, 5.74) is 4.24. The fraction of sp³-hybridized carbons (Fsp3) is 0.333. The topological polar surface area (TPSA) is 51.7 Å². The van der Waals surface area contributed by atoms with Crippen LogP contribution in [0.3, 0.4) is 0 Å². The van der Waals surface area contributed by atoms with E-state index in [9.17, 15) is 4.79 Å². The van der Waals surface area contributed by atoms with Gasteiger partial charge >= 0.3 is 0 Å². The summed E-state index contributed by atoms with van der Waals surface area (Å²) in [5, 5.41) is 1.90. The summed E-state index contributed by atoms with van der Waals surface area (Å²) in [5.74, 6) is 1.81. The molecule has 1 aromatic heterocycles. The van der Waals surface area contributed by atoms with Crippen LogP contribution in [0.25, 0.3) is 10.9 Å². The number of pyridine rings is 1. The van der Waals surface area contributed by atoms with E-state index in [1.807, 2.05) is 35.2 Å². The molecule has 1 atom stereocenters. The minimum absolute atomic E-state index is 0.119. The van der Waals surface area contributed by atoms with Gasteiger partial charge in [-0.25, -0.2) is 4.98 Å². The van der Waals surface area contributed by atoms with Crippen LogP contribution in [0.5, 0.6) is 11.5 Å². The third-order valence-corrected chi connectivity index (χ3v) is 6.57. The summed E-state index contributed by atoms with van der Waals surface area (Å²) < 4.78 is 10.8. The number of fused-ring (bicyclic) bond motifs is 2. The predicted molar refractivity (Wildman–Crippen MR) is 122 cm³/mol. The Morgan fingerprint density at radius 2 is 1.90 bits per heavy atom. The van der Waals surface area contributed by atoms with Crippen LogP contribution >= 0.6 is 11.8 Å². The molecule has 0 aliphatic carbocycles. The molecule has 1 aliphatic heterocycles. The molecule has 0 radical (unpaired) electrons. The number of methoxy groups -OCH3 is 2. The molecule has 4 rings (SSSR count). The van der Waals surface area contributed by atoms with Crippen molar-refractivity contribution < 1.29 is 14.3 Å².